The summed E-state index contributed by atoms with van der Waals surface area (Å²) >= 11 is 0. The van der Waals surface area contributed by atoms with Crippen molar-refractivity contribution in [3.63, 3.8) is 0 Å². The second kappa shape index (κ2) is 6.77. The quantitative estimate of drug-likeness (QED) is 0.782. The number of carbonyl (C=O) groups excluding carboxylic acids is 1. The lowest BCUT2D eigenvalue weighted by molar-refractivity contribution is -0.116. The number of hydrogen-bond donors (Lipinski definition) is 3. The number of H-pyrrole nitrogens is 1. The Morgan fingerprint density at radius 1 is 1.40 bits per heavy atom. The van der Waals surface area contributed by atoms with Gasteiger partial charge < -0.3 is 15.6 Å². The molecular weight excluding hydrogens is 314 g/mol. The second-order valence-corrected chi connectivity index (χ2v) is 7.37. The molecule has 2 aliphatic heterocycles. The van der Waals surface area contributed by atoms with Gasteiger partial charge in [0.15, 0.2) is 0 Å². The maximum Gasteiger partial charge on any atom is 0.225 e. The predicted octanol–water partition coefficient (Wildman–Crippen LogP) is 2.76. The molecule has 4 rings (SSSR count). The first-order valence-corrected chi connectivity index (χ1v) is 9.40. The monoisotopic (exact) mass is 341 g/mol. The van der Waals surface area contributed by atoms with E-state index in [0.29, 0.717) is 24.2 Å². The van der Waals surface area contributed by atoms with Gasteiger partial charge in [-0.2, -0.15) is 0 Å². The van der Waals surface area contributed by atoms with Gasteiger partial charge in [0.25, 0.3) is 0 Å². The van der Waals surface area contributed by atoms with E-state index < -0.39 is 0 Å². The molecule has 2 saturated heterocycles. The van der Waals surface area contributed by atoms with E-state index in [0.717, 1.165) is 37.3 Å². The maximum atomic E-state index is 12.0. The van der Waals surface area contributed by atoms with E-state index in [1.54, 1.807) is 0 Å². The molecule has 1 atom stereocenters. The minimum atomic E-state index is 0.0364. The molecule has 2 aromatic rings. The van der Waals surface area contributed by atoms with E-state index in [2.05, 4.69) is 33.6 Å². The van der Waals surface area contributed by atoms with E-state index in [1.165, 1.54) is 23.9 Å². The van der Waals surface area contributed by atoms with E-state index >= 15 is 0 Å². The van der Waals surface area contributed by atoms with Gasteiger partial charge in [-0.1, -0.05) is 6.92 Å². The summed E-state index contributed by atoms with van der Waals surface area (Å²) < 4.78 is 0. The van der Waals surface area contributed by atoms with Gasteiger partial charge in [-0.15, -0.1) is 0 Å². The molecule has 0 aromatic carbocycles. The van der Waals surface area contributed by atoms with Crippen LogP contribution in [-0.2, 0) is 4.79 Å². The minimum absolute atomic E-state index is 0.0364. The zero-order valence-corrected chi connectivity index (χ0v) is 15.1. The van der Waals surface area contributed by atoms with Crippen molar-refractivity contribution in [3.05, 3.63) is 23.5 Å². The summed E-state index contributed by atoms with van der Waals surface area (Å²) in [5.74, 6) is 1.13. The molecule has 0 bridgehead atoms. The van der Waals surface area contributed by atoms with Crippen LogP contribution in [0.4, 0.5) is 5.82 Å². The summed E-state index contributed by atoms with van der Waals surface area (Å²) in [4.78, 5) is 22.8. The minimum Gasteiger partial charge on any atom is -0.357 e. The third-order valence-corrected chi connectivity index (χ3v) is 5.46. The first-order valence-electron chi connectivity index (χ1n) is 9.40. The number of anilines is 1. The third kappa shape index (κ3) is 3.16. The number of aromatic amines is 1. The normalized spacial score (nSPS) is 21.6. The molecule has 6 heteroatoms. The van der Waals surface area contributed by atoms with Gasteiger partial charge in [0, 0.05) is 48.6 Å². The van der Waals surface area contributed by atoms with E-state index in [4.69, 9.17) is 4.98 Å². The van der Waals surface area contributed by atoms with E-state index in [-0.39, 0.29) is 5.91 Å². The van der Waals surface area contributed by atoms with Crippen molar-refractivity contribution in [2.45, 2.75) is 44.6 Å². The average molecular weight is 341 g/mol. The van der Waals surface area contributed by atoms with Gasteiger partial charge in [-0.25, -0.2) is 4.98 Å². The lowest BCUT2D eigenvalue weighted by Gasteiger charge is -2.27. The molecule has 0 radical (unpaired) electrons. The molecular formula is C19H27N5O. The van der Waals surface area contributed by atoms with Crippen LogP contribution in [0, 0.1) is 0 Å². The van der Waals surface area contributed by atoms with Crippen LogP contribution in [0.2, 0.25) is 0 Å². The van der Waals surface area contributed by atoms with Gasteiger partial charge in [-0.05, 0) is 38.9 Å². The first-order chi connectivity index (χ1) is 12.2. The average Bonchev–Trinajstić information content (AvgIpc) is 3.11. The van der Waals surface area contributed by atoms with Crippen LogP contribution in [0.3, 0.4) is 0 Å². The summed E-state index contributed by atoms with van der Waals surface area (Å²) in [6.07, 6.45) is 3.81. The van der Waals surface area contributed by atoms with Gasteiger partial charge in [-0.3, -0.25) is 9.69 Å². The highest BCUT2D eigenvalue weighted by Crippen LogP contribution is 2.35. The summed E-state index contributed by atoms with van der Waals surface area (Å²) in [7, 11) is 2.19. The zero-order valence-electron chi connectivity index (χ0n) is 15.1. The summed E-state index contributed by atoms with van der Waals surface area (Å²) in [5, 5.41) is 7.50. The summed E-state index contributed by atoms with van der Waals surface area (Å²) in [6, 6.07) is 4.72. The molecule has 25 heavy (non-hydrogen) atoms. The smallest absolute Gasteiger partial charge is 0.225 e. The van der Waals surface area contributed by atoms with Crippen molar-refractivity contribution in [2.24, 2.45) is 0 Å². The third-order valence-electron chi connectivity index (χ3n) is 5.46. The molecule has 134 valence electrons. The molecule has 2 fully saturated rings. The molecule has 0 unspecified atom stereocenters. The van der Waals surface area contributed by atoms with Crippen LogP contribution in [0.25, 0.3) is 10.9 Å². The van der Waals surface area contributed by atoms with Crippen molar-refractivity contribution >= 4 is 22.6 Å². The largest absolute Gasteiger partial charge is 0.357 e. The Labute approximate surface area is 148 Å². The van der Waals surface area contributed by atoms with Gasteiger partial charge >= 0.3 is 0 Å². The van der Waals surface area contributed by atoms with Crippen molar-refractivity contribution < 1.29 is 4.79 Å². The van der Waals surface area contributed by atoms with E-state index in [9.17, 15) is 4.79 Å². The number of nitrogens with one attached hydrogen (secondary N) is 3. The van der Waals surface area contributed by atoms with E-state index in [1.807, 2.05) is 13.0 Å². The number of carbonyl (C=O) groups is 1. The fraction of sp³-hybridized carbons (Fsp3) is 0.579. The standard InChI is InChI=1S/C19H27N5O/c1-3-5-18(25)22-17-9-14-13(19(23-17)12-10-20-11-12)8-15(21-14)16-6-4-7-24(16)2/h8-9,12,16,20-21H,3-7,10-11H2,1-2H3,(H,22,23,25)/t16-/m1/s1. The fourth-order valence-corrected chi connectivity index (χ4v) is 3.95. The van der Waals surface area contributed by atoms with Gasteiger partial charge in [0.2, 0.25) is 5.91 Å². The molecule has 0 spiro atoms. The molecule has 0 saturated carbocycles. The number of rotatable bonds is 5. The highest BCUT2D eigenvalue weighted by molar-refractivity contribution is 5.93. The van der Waals surface area contributed by atoms with Crippen LogP contribution >= 0.6 is 0 Å². The summed E-state index contributed by atoms with van der Waals surface area (Å²) in [5.41, 5.74) is 3.45. The predicted molar refractivity (Wildman–Crippen MR) is 99.8 cm³/mol. The number of likely N-dealkylation sites (tertiary alicyclic amines) is 1. The van der Waals surface area contributed by atoms with Gasteiger partial charge in [0.05, 0.1) is 11.2 Å². The number of aromatic nitrogens is 2. The van der Waals surface area contributed by atoms with Crippen molar-refractivity contribution in [3.8, 4) is 0 Å². The topological polar surface area (TPSA) is 73.1 Å². The Balaban J connectivity index is 1.72. The lowest BCUT2D eigenvalue weighted by atomic mass is 9.96. The van der Waals surface area contributed by atoms with Gasteiger partial charge in [0.1, 0.15) is 5.82 Å². The molecule has 0 aliphatic carbocycles. The second-order valence-electron chi connectivity index (χ2n) is 7.37. The highest BCUT2D eigenvalue weighted by Gasteiger charge is 2.27. The maximum absolute atomic E-state index is 12.0. The van der Waals surface area contributed by atoms with Crippen molar-refractivity contribution in [2.75, 3.05) is 32.0 Å². The Morgan fingerprint density at radius 3 is 2.88 bits per heavy atom. The molecule has 2 aromatic heterocycles. The Kier molecular flexibility index (Phi) is 4.48. The molecule has 6 nitrogen and oxygen atoms in total. The lowest BCUT2D eigenvalue weighted by Crippen LogP contribution is -2.40. The Bertz CT molecular complexity index is 779. The van der Waals surface area contributed by atoms with Crippen LogP contribution in [0.15, 0.2) is 12.1 Å². The molecule has 3 N–H and O–H groups in total. The number of nitrogens with zero attached hydrogens (tertiary/aromatic N) is 2. The number of fused-ring (bicyclic) bond motifs is 1. The number of amides is 1. The van der Waals surface area contributed by atoms with Crippen LogP contribution in [0.5, 0.6) is 0 Å². The highest BCUT2D eigenvalue weighted by atomic mass is 16.1. The van der Waals surface area contributed by atoms with Crippen LogP contribution < -0.4 is 10.6 Å². The van der Waals surface area contributed by atoms with Crippen molar-refractivity contribution in [1.82, 2.24) is 20.2 Å². The van der Waals surface area contributed by atoms with Crippen molar-refractivity contribution in [1.29, 1.82) is 0 Å². The summed E-state index contributed by atoms with van der Waals surface area (Å²) in [6.45, 7) is 5.07. The first kappa shape index (κ1) is 16.5. The number of hydrogen-bond acceptors (Lipinski definition) is 4. The molecule has 1 amide bonds. The number of pyridine rings is 1. The fourth-order valence-electron chi connectivity index (χ4n) is 3.95. The molecule has 4 heterocycles. The zero-order chi connectivity index (χ0) is 17.4. The Morgan fingerprint density at radius 2 is 2.24 bits per heavy atom. The Hall–Kier alpha value is -1.92. The van der Waals surface area contributed by atoms with Crippen LogP contribution in [0.1, 0.15) is 56.0 Å². The molecule has 2 aliphatic rings. The van der Waals surface area contributed by atoms with Crippen LogP contribution in [-0.4, -0.2) is 47.5 Å². The SMILES string of the molecule is CCCC(=O)Nc1cc2[nH]c([C@H]3CCCN3C)cc2c(C2CNC2)n1.